The molecule has 1 aliphatic rings. The lowest BCUT2D eigenvalue weighted by Gasteiger charge is -2.25. The topological polar surface area (TPSA) is 15.3 Å². The average Bonchev–Trinajstić information content (AvgIpc) is 3.26. The summed E-state index contributed by atoms with van der Waals surface area (Å²) in [5.41, 5.74) is 13.5. The molecule has 41 heavy (non-hydrogen) atoms. The fraction of sp³-hybridized carbons (Fsp3) is 0.0769. The molecule has 0 aromatic heterocycles. The van der Waals surface area contributed by atoms with Gasteiger partial charge < -0.3 is 10.2 Å². The number of nitrogens with one attached hydrogen (secondary N) is 1. The highest BCUT2D eigenvalue weighted by atomic mass is 15.1. The van der Waals surface area contributed by atoms with Crippen molar-refractivity contribution in [3.8, 4) is 22.3 Å². The summed E-state index contributed by atoms with van der Waals surface area (Å²) in [6, 6.07) is 54.1. The number of benzene rings is 6. The van der Waals surface area contributed by atoms with Crippen LogP contribution < -0.4 is 10.2 Å². The molecule has 0 fully saturated rings. The molecule has 0 aliphatic heterocycles. The summed E-state index contributed by atoms with van der Waals surface area (Å²) in [4.78, 5) is 2.27. The van der Waals surface area contributed by atoms with E-state index in [9.17, 15) is 0 Å². The lowest BCUT2D eigenvalue weighted by molar-refractivity contribution is 0.660. The van der Waals surface area contributed by atoms with E-state index < -0.39 is 0 Å². The van der Waals surface area contributed by atoms with Crippen LogP contribution in [0.25, 0.3) is 22.3 Å². The second kappa shape index (κ2) is 10.1. The van der Waals surface area contributed by atoms with E-state index in [1.807, 2.05) is 0 Å². The fourth-order valence-corrected chi connectivity index (χ4v) is 6.09. The Bertz CT molecular complexity index is 1760. The SMILES string of the molecule is CC1(C)c2ccccc2-c2ccc(-c3ccc(Nc4ccc(N(c5ccccc5)c5ccccc5)cc4)cc3)cc21. The summed E-state index contributed by atoms with van der Waals surface area (Å²) in [5.74, 6) is 0. The van der Waals surface area contributed by atoms with Gasteiger partial charge in [0.05, 0.1) is 0 Å². The molecule has 0 atom stereocenters. The monoisotopic (exact) mass is 528 g/mol. The van der Waals surface area contributed by atoms with E-state index >= 15 is 0 Å². The van der Waals surface area contributed by atoms with Crippen LogP contribution in [-0.2, 0) is 5.41 Å². The van der Waals surface area contributed by atoms with Crippen LogP contribution in [0.4, 0.5) is 28.4 Å². The minimum absolute atomic E-state index is 0.00615. The van der Waals surface area contributed by atoms with Crippen molar-refractivity contribution in [3.05, 3.63) is 163 Å². The first-order valence-corrected chi connectivity index (χ1v) is 14.2. The van der Waals surface area contributed by atoms with Gasteiger partial charge in [-0.2, -0.15) is 0 Å². The highest BCUT2D eigenvalue weighted by Crippen LogP contribution is 2.49. The van der Waals surface area contributed by atoms with Crippen LogP contribution in [0.5, 0.6) is 0 Å². The van der Waals surface area contributed by atoms with Gasteiger partial charge in [0.1, 0.15) is 0 Å². The van der Waals surface area contributed by atoms with Crippen molar-refractivity contribution in [3.63, 3.8) is 0 Å². The molecule has 0 amide bonds. The number of rotatable bonds is 6. The molecule has 198 valence electrons. The van der Waals surface area contributed by atoms with Crippen molar-refractivity contribution < 1.29 is 0 Å². The van der Waals surface area contributed by atoms with E-state index in [1.54, 1.807) is 0 Å². The zero-order valence-corrected chi connectivity index (χ0v) is 23.4. The molecule has 0 bridgehead atoms. The number of anilines is 5. The molecule has 0 spiro atoms. The molecule has 1 aliphatic carbocycles. The lowest BCUT2D eigenvalue weighted by atomic mass is 9.81. The summed E-state index contributed by atoms with van der Waals surface area (Å²) in [6.07, 6.45) is 0. The van der Waals surface area contributed by atoms with Crippen LogP contribution in [0.2, 0.25) is 0 Å². The van der Waals surface area contributed by atoms with Crippen molar-refractivity contribution in [2.75, 3.05) is 10.2 Å². The van der Waals surface area contributed by atoms with Gasteiger partial charge in [-0.15, -0.1) is 0 Å². The zero-order valence-electron chi connectivity index (χ0n) is 23.4. The van der Waals surface area contributed by atoms with Crippen LogP contribution in [0.1, 0.15) is 25.0 Å². The molecule has 6 aromatic carbocycles. The Hall–Kier alpha value is -5.08. The van der Waals surface area contributed by atoms with E-state index in [0.717, 1.165) is 28.4 Å². The third-order valence-electron chi connectivity index (χ3n) is 8.24. The highest BCUT2D eigenvalue weighted by Gasteiger charge is 2.35. The minimum Gasteiger partial charge on any atom is -0.356 e. The second-order valence-corrected chi connectivity index (χ2v) is 11.2. The lowest BCUT2D eigenvalue weighted by Crippen LogP contribution is -2.14. The maximum absolute atomic E-state index is 3.58. The molecule has 7 rings (SSSR count). The molecule has 1 N–H and O–H groups in total. The Balaban J connectivity index is 1.11. The smallest absolute Gasteiger partial charge is 0.0463 e. The van der Waals surface area contributed by atoms with E-state index in [0.29, 0.717) is 0 Å². The van der Waals surface area contributed by atoms with Crippen molar-refractivity contribution in [2.45, 2.75) is 19.3 Å². The van der Waals surface area contributed by atoms with Crippen LogP contribution in [-0.4, -0.2) is 0 Å². The number of fused-ring (bicyclic) bond motifs is 3. The Kier molecular flexibility index (Phi) is 6.17. The molecule has 0 unspecified atom stereocenters. The first kappa shape index (κ1) is 24.9. The highest BCUT2D eigenvalue weighted by molar-refractivity contribution is 5.84. The Labute approximate surface area is 242 Å². The van der Waals surface area contributed by atoms with Gasteiger partial charge in [-0.05, 0) is 100 Å². The minimum atomic E-state index is 0.00615. The summed E-state index contributed by atoms with van der Waals surface area (Å²) in [6.45, 7) is 4.66. The maximum Gasteiger partial charge on any atom is 0.0463 e. The first-order chi connectivity index (χ1) is 20.1. The maximum atomic E-state index is 3.58. The van der Waals surface area contributed by atoms with E-state index in [-0.39, 0.29) is 5.41 Å². The average molecular weight is 529 g/mol. The van der Waals surface area contributed by atoms with Gasteiger partial charge in [0, 0.05) is 33.9 Å². The largest absolute Gasteiger partial charge is 0.356 e. The van der Waals surface area contributed by atoms with Crippen LogP contribution in [0.15, 0.2) is 152 Å². The first-order valence-electron chi connectivity index (χ1n) is 14.2. The van der Waals surface area contributed by atoms with Gasteiger partial charge in [-0.25, -0.2) is 0 Å². The van der Waals surface area contributed by atoms with Gasteiger partial charge in [-0.1, -0.05) is 98.8 Å². The Morgan fingerprint density at radius 3 is 1.56 bits per heavy atom. The van der Waals surface area contributed by atoms with Crippen molar-refractivity contribution >= 4 is 28.4 Å². The van der Waals surface area contributed by atoms with Crippen molar-refractivity contribution in [2.24, 2.45) is 0 Å². The third kappa shape index (κ3) is 4.58. The van der Waals surface area contributed by atoms with Gasteiger partial charge in [0.2, 0.25) is 0 Å². The fourth-order valence-electron chi connectivity index (χ4n) is 6.09. The number of para-hydroxylation sites is 2. The Morgan fingerprint density at radius 2 is 0.927 bits per heavy atom. The molecule has 0 saturated carbocycles. The van der Waals surface area contributed by atoms with Crippen molar-refractivity contribution in [1.29, 1.82) is 0 Å². The molecule has 2 heteroatoms. The summed E-state index contributed by atoms with van der Waals surface area (Å²) in [7, 11) is 0. The van der Waals surface area contributed by atoms with E-state index in [2.05, 4.69) is 176 Å². The summed E-state index contributed by atoms with van der Waals surface area (Å²) in [5, 5.41) is 3.58. The molecule has 2 nitrogen and oxygen atoms in total. The quantitative estimate of drug-likeness (QED) is 0.231. The number of hydrogen-bond donors (Lipinski definition) is 1. The standard InChI is InChI=1S/C39H32N2/c1-39(2)37-16-10-9-15-35(37)36-26-19-29(27-38(36)39)28-17-20-30(21-18-28)40-31-22-24-34(25-23-31)41(32-11-5-3-6-12-32)33-13-7-4-8-14-33/h3-27,40H,1-2H3. The van der Waals surface area contributed by atoms with Crippen LogP contribution in [0.3, 0.4) is 0 Å². The predicted molar refractivity (Wildman–Crippen MR) is 174 cm³/mol. The number of nitrogens with zero attached hydrogens (tertiary/aromatic N) is 1. The zero-order chi connectivity index (χ0) is 27.8. The van der Waals surface area contributed by atoms with Crippen molar-refractivity contribution in [1.82, 2.24) is 0 Å². The molecular formula is C39H32N2. The molecule has 6 aromatic rings. The van der Waals surface area contributed by atoms with Crippen LogP contribution >= 0.6 is 0 Å². The molecule has 0 radical (unpaired) electrons. The van der Waals surface area contributed by atoms with Gasteiger partial charge >= 0.3 is 0 Å². The normalized spacial score (nSPS) is 12.8. The number of hydrogen-bond acceptors (Lipinski definition) is 2. The summed E-state index contributed by atoms with van der Waals surface area (Å²) < 4.78 is 0. The molecule has 0 heterocycles. The predicted octanol–water partition coefficient (Wildman–Crippen LogP) is 10.9. The van der Waals surface area contributed by atoms with E-state index in [1.165, 1.54) is 33.4 Å². The Morgan fingerprint density at radius 1 is 0.439 bits per heavy atom. The third-order valence-corrected chi connectivity index (χ3v) is 8.24. The molecular weight excluding hydrogens is 496 g/mol. The molecule has 0 saturated heterocycles. The van der Waals surface area contributed by atoms with Gasteiger partial charge in [0.15, 0.2) is 0 Å². The van der Waals surface area contributed by atoms with Gasteiger partial charge in [0.25, 0.3) is 0 Å². The van der Waals surface area contributed by atoms with Gasteiger partial charge in [-0.3, -0.25) is 0 Å². The second-order valence-electron chi connectivity index (χ2n) is 11.2. The van der Waals surface area contributed by atoms with Crippen LogP contribution in [0, 0.1) is 0 Å². The summed E-state index contributed by atoms with van der Waals surface area (Å²) >= 11 is 0. The van der Waals surface area contributed by atoms with E-state index in [4.69, 9.17) is 0 Å².